The van der Waals surface area contributed by atoms with E-state index in [1.165, 1.54) is 0 Å². The van der Waals surface area contributed by atoms with Gasteiger partial charge in [-0.25, -0.2) is 0 Å². The van der Waals surface area contributed by atoms with E-state index >= 15 is 0 Å². The van der Waals surface area contributed by atoms with Crippen LogP contribution in [0.15, 0.2) is 18.3 Å². The molecule has 20 heavy (non-hydrogen) atoms. The fourth-order valence-corrected chi connectivity index (χ4v) is 2.21. The van der Waals surface area contributed by atoms with Crippen molar-refractivity contribution in [1.29, 1.82) is 0 Å². The van der Waals surface area contributed by atoms with Crippen molar-refractivity contribution < 1.29 is 9.53 Å². The minimum atomic E-state index is -0.0957. The molecule has 106 valence electrons. The van der Waals surface area contributed by atoms with Crippen LogP contribution in [0.2, 0.25) is 0 Å². The lowest BCUT2D eigenvalue weighted by Gasteiger charge is -2.12. The van der Waals surface area contributed by atoms with Gasteiger partial charge in [0.05, 0.1) is 13.3 Å². The summed E-state index contributed by atoms with van der Waals surface area (Å²) in [4.78, 5) is 17.0. The lowest BCUT2D eigenvalue weighted by molar-refractivity contribution is 0.102. The van der Waals surface area contributed by atoms with E-state index in [0.717, 1.165) is 11.4 Å². The molecular formula is C15H19N3O2. The van der Waals surface area contributed by atoms with Crippen molar-refractivity contribution in [2.75, 3.05) is 7.11 Å². The van der Waals surface area contributed by atoms with E-state index in [9.17, 15) is 4.79 Å². The van der Waals surface area contributed by atoms with Crippen molar-refractivity contribution in [3.8, 4) is 5.75 Å². The second-order valence-corrected chi connectivity index (χ2v) is 5.07. The topological polar surface area (TPSA) is 57.0 Å². The minimum absolute atomic E-state index is 0.0851. The van der Waals surface area contributed by atoms with Gasteiger partial charge in [0.1, 0.15) is 0 Å². The summed E-state index contributed by atoms with van der Waals surface area (Å²) in [7, 11) is 1.54. The Balaban J connectivity index is 2.55. The van der Waals surface area contributed by atoms with Gasteiger partial charge in [0.15, 0.2) is 11.4 Å². The molecule has 0 aliphatic carbocycles. The number of pyridine rings is 1. The van der Waals surface area contributed by atoms with Crippen molar-refractivity contribution in [2.24, 2.45) is 0 Å². The number of ketones is 1. The maximum Gasteiger partial charge on any atom is 0.214 e. The number of nitrogens with zero attached hydrogens (tertiary/aromatic N) is 3. The van der Waals surface area contributed by atoms with Crippen LogP contribution in [0, 0.1) is 13.8 Å². The largest absolute Gasteiger partial charge is 0.493 e. The fourth-order valence-electron chi connectivity index (χ4n) is 2.21. The highest BCUT2D eigenvalue weighted by Gasteiger charge is 2.22. The highest BCUT2D eigenvalue weighted by Crippen LogP contribution is 2.24. The smallest absolute Gasteiger partial charge is 0.214 e. The highest BCUT2D eigenvalue weighted by atomic mass is 16.5. The monoisotopic (exact) mass is 273 g/mol. The molecular weight excluding hydrogens is 254 g/mol. The first kappa shape index (κ1) is 14.2. The lowest BCUT2D eigenvalue weighted by Crippen LogP contribution is -2.15. The van der Waals surface area contributed by atoms with Gasteiger partial charge in [-0.15, -0.1) is 0 Å². The number of carbonyl (C=O) groups excluding carboxylic acids is 1. The molecule has 2 rings (SSSR count). The van der Waals surface area contributed by atoms with Crippen molar-refractivity contribution in [2.45, 2.75) is 33.7 Å². The molecule has 0 atom stereocenters. The Labute approximate surface area is 118 Å². The molecule has 0 saturated carbocycles. The van der Waals surface area contributed by atoms with E-state index in [-0.39, 0.29) is 11.8 Å². The number of aryl methyl sites for hydroxylation is 2. The molecule has 0 fully saturated rings. The van der Waals surface area contributed by atoms with E-state index < -0.39 is 0 Å². The first-order valence-electron chi connectivity index (χ1n) is 6.55. The summed E-state index contributed by atoms with van der Waals surface area (Å²) >= 11 is 0. The number of rotatable bonds is 4. The third-order valence-electron chi connectivity index (χ3n) is 3.03. The van der Waals surface area contributed by atoms with Crippen LogP contribution in [0.1, 0.15) is 47.3 Å². The number of carbonyl (C=O) groups is 1. The van der Waals surface area contributed by atoms with Crippen molar-refractivity contribution in [1.82, 2.24) is 14.8 Å². The number of aromatic nitrogens is 3. The average Bonchev–Trinajstić information content (AvgIpc) is 2.80. The van der Waals surface area contributed by atoms with E-state index in [1.807, 2.05) is 27.7 Å². The van der Waals surface area contributed by atoms with Crippen LogP contribution in [-0.4, -0.2) is 27.7 Å². The standard InChI is InChI=1S/C15H19N3O2/c1-9(2)18-14(13(20-5)8-16-18)15(19)12-6-10(3)17-11(4)7-12/h6-9H,1-5H3. The Hall–Kier alpha value is -2.17. The van der Waals surface area contributed by atoms with Gasteiger partial charge < -0.3 is 4.74 Å². The van der Waals surface area contributed by atoms with Crippen molar-refractivity contribution in [3.63, 3.8) is 0 Å². The molecule has 0 N–H and O–H groups in total. The Bertz CT molecular complexity index is 624. The molecule has 2 aromatic heterocycles. The quantitative estimate of drug-likeness (QED) is 0.804. The second kappa shape index (κ2) is 5.45. The lowest BCUT2D eigenvalue weighted by atomic mass is 10.1. The molecule has 0 aliphatic rings. The van der Waals surface area contributed by atoms with E-state index in [1.54, 1.807) is 30.1 Å². The van der Waals surface area contributed by atoms with Crippen LogP contribution in [-0.2, 0) is 0 Å². The number of methoxy groups -OCH3 is 1. The van der Waals surface area contributed by atoms with Gasteiger partial charge in [-0.3, -0.25) is 14.5 Å². The molecule has 0 aromatic carbocycles. The van der Waals surface area contributed by atoms with E-state index in [4.69, 9.17) is 4.74 Å². The van der Waals surface area contributed by atoms with Crippen molar-refractivity contribution in [3.05, 3.63) is 41.0 Å². The molecule has 0 amide bonds. The molecule has 0 unspecified atom stereocenters. The molecule has 5 nitrogen and oxygen atoms in total. The zero-order valence-electron chi connectivity index (χ0n) is 12.5. The summed E-state index contributed by atoms with van der Waals surface area (Å²) in [5.41, 5.74) is 2.73. The highest BCUT2D eigenvalue weighted by molar-refractivity contribution is 6.09. The van der Waals surface area contributed by atoms with Crippen LogP contribution in [0.4, 0.5) is 0 Å². The van der Waals surface area contributed by atoms with Gasteiger partial charge in [-0.1, -0.05) is 0 Å². The van der Waals surface area contributed by atoms with Gasteiger partial charge in [0, 0.05) is 23.0 Å². The van der Waals surface area contributed by atoms with E-state index in [2.05, 4.69) is 10.1 Å². The van der Waals surface area contributed by atoms with Crippen LogP contribution >= 0.6 is 0 Å². The zero-order chi connectivity index (χ0) is 14.9. The van der Waals surface area contributed by atoms with Crippen LogP contribution in [0.25, 0.3) is 0 Å². The predicted molar refractivity (Wildman–Crippen MR) is 76.3 cm³/mol. The summed E-state index contributed by atoms with van der Waals surface area (Å²) < 4.78 is 6.95. The maximum absolute atomic E-state index is 12.7. The second-order valence-electron chi connectivity index (χ2n) is 5.07. The van der Waals surface area contributed by atoms with Gasteiger partial charge in [0.25, 0.3) is 0 Å². The summed E-state index contributed by atoms with van der Waals surface area (Å²) in [6.45, 7) is 7.71. The summed E-state index contributed by atoms with van der Waals surface area (Å²) in [6.07, 6.45) is 1.58. The van der Waals surface area contributed by atoms with Crippen LogP contribution < -0.4 is 4.74 Å². The maximum atomic E-state index is 12.7. The first-order valence-corrected chi connectivity index (χ1v) is 6.55. The number of hydrogen-bond donors (Lipinski definition) is 0. The Morgan fingerprint density at radius 3 is 2.35 bits per heavy atom. The number of hydrogen-bond acceptors (Lipinski definition) is 4. The third-order valence-corrected chi connectivity index (χ3v) is 3.03. The van der Waals surface area contributed by atoms with Gasteiger partial charge >= 0.3 is 0 Å². The van der Waals surface area contributed by atoms with Gasteiger partial charge in [-0.2, -0.15) is 5.10 Å². The Kier molecular flexibility index (Phi) is 3.88. The predicted octanol–water partition coefficient (Wildman–Crippen LogP) is 2.72. The molecule has 0 radical (unpaired) electrons. The Morgan fingerprint density at radius 2 is 1.85 bits per heavy atom. The Morgan fingerprint density at radius 1 is 1.25 bits per heavy atom. The van der Waals surface area contributed by atoms with Crippen LogP contribution in [0.3, 0.4) is 0 Å². The molecule has 0 bridgehead atoms. The minimum Gasteiger partial charge on any atom is -0.493 e. The van der Waals surface area contributed by atoms with Gasteiger partial charge in [-0.05, 0) is 39.8 Å². The normalized spacial score (nSPS) is 10.9. The average molecular weight is 273 g/mol. The first-order chi connectivity index (χ1) is 9.43. The summed E-state index contributed by atoms with van der Waals surface area (Å²) in [5, 5.41) is 4.23. The number of ether oxygens (including phenoxy) is 1. The molecule has 2 aromatic rings. The molecule has 5 heteroatoms. The third kappa shape index (κ3) is 2.57. The summed E-state index contributed by atoms with van der Waals surface area (Å²) in [5.74, 6) is 0.400. The molecule has 2 heterocycles. The fraction of sp³-hybridized carbons (Fsp3) is 0.400. The molecule has 0 spiro atoms. The molecule has 0 aliphatic heterocycles. The van der Waals surface area contributed by atoms with Crippen LogP contribution in [0.5, 0.6) is 5.75 Å². The van der Waals surface area contributed by atoms with Gasteiger partial charge in [0.2, 0.25) is 5.78 Å². The SMILES string of the molecule is COc1cnn(C(C)C)c1C(=O)c1cc(C)nc(C)c1. The van der Waals surface area contributed by atoms with Crippen molar-refractivity contribution >= 4 is 5.78 Å². The zero-order valence-corrected chi connectivity index (χ0v) is 12.5. The van der Waals surface area contributed by atoms with E-state index in [0.29, 0.717) is 17.0 Å². The molecule has 0 saturated heterocycles. The summed E-state index contributed by atoms with van der Waals surface area (Å²) in [6, 6.07) is 3.65.